The van der Waals surface area contributed by atoms with E-state index in [9.17, 15) is 23.1 Å². The second-order valence-corrected chi connectivity index (χ2v) is 10.2. The maximum Gasteiger partial charge on any atom is 0.416 e. The van der Waals surface area contributed by atoms with Crippen molar-refractivity contribution in [3.63, 3.8) is 0 Å². The predicted octanol–water partition coefficient (Wildman–Crippen LogP) is 6.81. The number of hydrogen-bond donors (Lipinski definition) is 4. The van der Waals surface area contributed by atoms with Gasteiger partial charge in [-0.25, -0.2) is 4.79 Å². The van der Waals surface area contributed by atoms with Gasteiger partial charge in [0.15, 0.2) is 0 Å². The molecule has 4 N–H and O–H groups in total. The van der Waals surface area contributed by atoms with Gasteiger partial charge in [0.05, 0.1) is 16.7 Å². The number of benzene rings is 3. The summed E-state index contributed by atoms with van der Waals surface area (Å²) < 4.78 is 37.9. The van der Waals surface area contributed by atoms with Crippen LogP contribution < -0.4 is 16.0 Å². The largest absolute Gasteiger partial charge is 0.416 e. The quantitative estimate of drug-likeness (QED) is 0.154. The molecule has 0 spiro atoms. The number of nitrogens with one attached hydrogen (secondary N) is 3. The zero-order valence-electron chi connectivity index (χ0n) is 21.2. The lowest BCUT2D eigenvalue weighted by atomic mass is 10.0. The highest BCUT2D eigenvalue weighted by Gasteiger charge is 2.29. The Morgan fingerprint density at radius 3 is 2.15 bits per heavy atom. The fourth-order valence-electron chi connectivity index (χ4n) is 3.96. The van der Waals surface area contributed by atoms with E-state index in [-0.39, 0.29) is 13.1 Å². The van der Waals surface area contributed by atoms with Gasteiger partial charge in [0.2, 0.25) is 0 Å². The van der Waals surface area contributed by atoms with Gasteiger partial charge in [0.1, 0.15) is 0 Å². The van der Waals surface area contributed by atoms with Crippen molar-refractivity contribution in [2.24, 2.45) is 0 Å². The summed E-state index contributed by atoms with van der Waals surface area (Å²) in [5.74, 6) is 0. The number of rotatable bonds is 11. The summed E-state index contributed by atoms with van der Waals surface area (Å²) >= 11 is 1.59. The Kier molecular flexibility index (Phi) is 9.62. The average Bonchev–Trinajstić information content (AvgIpc) is 3.43. The Morgan fingerprint density at radius 2 is 1.46 bits per heavy atom. The molecule has 4 rings (SSSR count). The molecule has 0 saturated heterocycles. The third-order valence-corrected chi connectivity index (χ3v) is 7.19. The van der Waals surface area contributed by atoms with Crippen molar-refractivity contribution in [3.8, 4) is 21.6 Å². The first kappa shape index (κ1) is 28.2. The molecule has 0 aliphatic carbocycles. The Labute approximate surface area is 229 Å². The lowest BCUT2D eigenvalue weighted by molar-refractivity contribution is -0.137. The van der Waals surface area contributed by atoms with E-state index in [1.165, 1.54) is 17.7 Å². The van der Waals surface area contributed by atoms with Crippen LogP contribution in [-0.2, 0) is 12.6 Å². The van der Waals surface area contributed by atoms with Gasteiger partial charge in [0.25, 0.3) is 0 Å². The molecule has 1 unspecified atom stereocenters. The van der Waals surface area contributed by atoms with Gasteiger partial charge in [-0.15, -0.1) is 11.3 Å². The van der Waals surface area contributed by atoms with Crippen molar-refractivity contribution in [3.05, 3.63) is 102 Å². The fraction of sp³-hybridized carbons (Fsp3) is 0.233. The number of urea groups is 1. The minimum Gasteiger partial charge on any atom is -0.389 e. The second kappa shape index (κ2) is 13.3. The van der Waals surface area contributed by atoms with E-state index in [2.05, 4.69) is 52.3 Å². The van der Waals surface area contributed by atoms with Gasteiger partial charge in [-0.05, 0) is 59.4 Å². The van der Waals surface area contributed by atoms with Crippen LogP contribution in [0, 0.1) is 0 Å². The number of amides is 2. The summed E-state index contributed by atoms with van der Waals surface area (Å²) in [4.78, 5) is 13.1. The minimum absolute atomic E-state index is 0.0803. The number of alkyl halides is 3. The zero-order valence-corrected chi connectivity index (χ0v) is 22.0. The van der Waals surface area contributed by atoms with Crippen molar-refractivity contribution in [1.82, 2.24) is 10.6 Å². The maximum absolute atomic E-state index is 12.6. The van der Waals surface area contributed by atoms with E-state index in [1.807, 2.05) is 30.3 Å². The molecule has 0 aliphatic heterocycles. The first-order valence-corrected chi connectivity index (χ1v) is 13.4. The fourth-order valence-corrected chi connectivity index (χ4v) is 4.88. The molecule has 1 atom stereocenters. The van der Waals surface area contributed by atoms with Gasteiger partial charge in [-0.2, -0.15) is 13.2 Å². The lowest BCUT2D eigenvalue weighted by Gasteiger charge is -2.13. The van der Waals surface area contributed by atoms with Crippen LogP contribution in [0.3, 0.4) is 0 Å². The third kappa shape index (κ3) is 8.59. The minimum atomic E-state index is -4.35. The Bertz CT molecular complexity index is 1320. The van der Waals surface area contributed by atoms with E-state index in [0.29, 0.717) is 19.4 Å². The van der Waals surface area contributed by atoms with E-state index in [0.717, 1.165) is 38.7 Å². The number of anilines is 1. The number of halogens is 3. The average molecular weight is 554 g/mol. The molecule has 1 aromatic heterocycles. The third-order valence-electron chi connectivity index (χ3n) is 6.10. The molecular formula is C30H30F3N3O2S. The molecule has 5 nitrogen and oxygen atoms in total. The molecule has 0 radical (unpaired) electrons. The summed E-state index contributed by atoms with van der Waals surface area (Å²) in [6.45, 7) is 0.726. The van der Waals surface area contributed by atoms with E-state index in [1.54, 1.807) is 11.3 Å². The monoisotopic (exact) mass is 553 g/mol. The molecule has 1 heterocycles. The van der Waals surface area contributed by atoms with Crippen LogP contribution in [0.25, 0.3) is 21.6 Å². The zero-order chi connectivity index (χ0) is 27.7. The van der Waals surface area contributed by atoms with E-state index >= 15 is 0 Å². The first-order valence-electron chi connectivity index (χ1n) is 12.6. The van der Waals surface area contributed by atoms with Gasteiger partial charge in [-0.3, -0.25) is 0 Å². The Balaban J connectivity index is 1.12. The topological polar surface area (TPSA) is 73.4 Å². The molecule has 0 bridgehead atoms. The molecule has 3 aromatic carbocycles. The van der Waals surface area contributed by atoms with E-state index in [4.69, 9.17) is 0 Å². The predicted molar refractivity (Wildman–Crippen MR) is 151 cm³/mol. The normalized spacial score (nSPS) is 12.1. The van der Waals surface area contributed by atoms with Crippen molar-refractivity contribution in [2.45, 2.75) is 25.1 Å². The number of carbonyl (C=O) groups is 1. The first-order chi connectivity index (χ1) is 18.8. The maximum atomic E-state index is 12.6. The van der Waals surface area contributed by atoms with Crippen molar-refractivity contribution in [2.75, 3.05) is 25.0 Å². The standard InChI is InChI=1S/C30H30F3N3O2S/c31-30(32,33)25-14-8-21(9-15-25)5-4-18-34-29(38)36-20-26(37)19-35-28-17-16-27(39-28)24-12-10-23(11-13-24)22-6-2-1-3-7-22/h1-3,6-17,26,35,37H,4-5,18-20H2,(H2,34,36,38). The van der Waals surface area contributed by atoms with Crippen LogP contribution in [0.2, 0.25) is 0 Å². The van der Waals surface area contributed by atoms with Crippen LogP contribution in [0.5, 0.6) is 0 Å². The summed E-state index contributed by atoms with van der Waals surface area (Å²) in [6, 6.07) is 27.2. The molecule has 204 valence electrons. The summed E-state index contributed by atoms with van der Waals surface area (Å²) in [5.41, 5.74) is 3.54. The SMILES string of the molecule is O=C(NCCCc1ccc(C(F)(F)F)cc1)NCC(O)CNc1ccc(-c2ccc(-c3ccccc3)cc2)s1. The molecule has 0 saturated carbocycles. The highest BCUT2D eigenvalue weighted by Crippen LogP contribution is 2.33. The summed E-state index contributed by atoms with van der Waals surface area (Å²) in [7, 11) is 0. The van der Waals surface area contributed by atoms with Gasteiger partial charge < -0.3 is 21.1 Å². The summed E-state index contributed by atoms with van der Waals surface area (Å²) in [6.07, 6.45) is -4.00. The van der Waals surface area contributed by atoms with Crippen molar-refractivity contribution < 1.29 is 23.1 Å². The lowest BCUT2D eigenvalue weighted by Crippen LogP contribution is -2.41. The molecule has 39 heavy (non-hydrogen) atoms. The van der Waals surface area contributed by atoms with Crippen molar-refractivity contribution >= 4 is 22.4 Å². The smallest absolute Gasteiger partial charge is 0.389 e. The van der Waals surface area contributed by atoms with Crippen molar-refractivity contribution in [1.29, 1.82) is 0 Å². The highest BCUT2D eigenvalue weighted by molar-refractivity contribution is 7.19. The molecule has 9 heteroatoms. The number of carbonyl (C=O) groups excluding carboxylic acids is 1. The molecule has 0 aliphatic rings. The number of aliphatic hydroxyl groups excluding tert-OH is 1. The number of hydrogen-bond acceptors (Lipinski definition) is 4. The molecular weight excluding hydrogens is 523 g/mol. The Hall–Kier alpha value is -3.82. The van der Waals surface area contributed by atoms with Crippen LogP contribution >= 0.6 is 11.3 Å². The molecule has 2 amide bonds. The number of aliphatic hydroxyl groups is 1. The second-order valence-electron chi connectivity index (χ2n) is 9.08. The number of thiophene rings is 1. The van der Waals surface area contributed by atoms with Crippen LogP contribution in [0.1, 0.15) is 17.5 Å². The van der Waals surface area contributed by atoms with Crippen LogP contribution in [0.4, 0.5) is 23.0 Å². The van der Waals surface area contributed by atoms with Crippen LogP contribution in [-0.4, -0.2) is 36.9 Å². The van der Waals surface area contributed by atoms with E-state index < -0.39 is 23.9 Å². The number of aryl methyl sites for hydroxylation is 1. The van der Waals surface area contributed by atoms with Gasteiger partial charge >= 0.3 is 12.2 Å². The Morgan fingerprint density at radius 1 is 0.795 bits per heavy atom. The van der Waals surface area contributed by atoms with Gasteiger partial charge in [-0.1, -0.05) is 66.7 Å². The molecule has 0 fully saturated rings. The highest BCUT2D eigenvalue weighted by atomic mass is 32.1. The molecule has 4 aromatic rings. The summed E-state index contributed by atoms with van der Waals surface area (Å²) in [5, 5.41) is 19.7. The van der Waals surface area contributed by atoms with Gasteiger partial charge in [0, 0.05) is 24.5 Å². The van der Waals surface area contributed by atoms with Crippen LogP contribution in [0.15, 0.2) is 91.0 Å².